The third-order valence-corrected chi connectivity index (χ3v) is 5.15. The first-order chi connectivity index (χ1) is 12.1. The largest absolute Gasteiger partial charge is 0.372 e. The van der Waals surface area contributed by atoms with Gasteiger partial charge in [0.15, 0.2) is 0 Å². The van der Waals surface area contributed by atoms with Crippen molar-refractivity contribution in [1.29, 1.82) is 0 Å². The summed E-state index contributed by atoms with van der Waals surface area (Å²) in [6.45, 7) is 10.9. The van der Waals surface area contributed by atoms with E-state index in [-0.39, 0.29) is 5.91 Å². The van der Waals surface area contributed by atoms with Crippen molar-refractivity contribution < 1.29 is 4.79 Å². The second-order valence-corrected chi connectivity index (χ2v) is 6.64. The first kappa shape index (κ1) is 17.3. The molecule has 4 heteroatoms. The van der Waals surface area contributed by atoms with Crippen molar-refractivity contribution in [1.82, 2.24) is 4.57 Å². The number of carbonyl (C=O) groups excluding carboxylic acids is 1. The zero-order valence-corrected chi connectivity index (χ0v) is 15.2. The van der Waals surface area contributed by atoms with Gasteiger partial charge in [-0.2, -0.15) is 0 Å². The van der Waals surface area contributed by atoms with Crippen LogP contribution >= 0.6 is 0 Å². The van der Waals surface area contributed by atoms with Gasteiger partial charge in [-0.25, -0.2) is 0 Å². The molecule has 3 rings (SSSR count). The number of carbonyl (C=O) groups is 1. The molecule has 1 aromatic carbocycles. The Balaban J connectivity index is 2.10. The number of hydrogen-bond acceptors (Lipinski definition) is 2. The van der Waals surface area contributed by atoms with Gasteiger partial charge in [-0.05, 0) is 43.9 Å². The zero-order valence-electron chi connectivity index (χ0n) is 15.2. The second-order valence-electron chi connectivity index (χ2n) is 6.64. The number of hydrogen-bond donors (Lipinski definition) is 1. The van der Waals surface area contributed by atoms with Gasteiger partial charge in [-0.3, -0.25) is 4.79 Å². The average molecular weight is 337 g/mol. The molecule has 0 radical (unpaired) electrons. The molecular weight excluding hydrogens is 310 g/mol. The van der Waals surface area contributed by atoms with E-state index >= 15 is 0 Å². The van der Waals surface area contributed by atoms with Crippen molar-refractivity contribution in [3.8, 4) is 11.1 Å². The van der Waals surface area contributed by atoms with E-state index in [2.05, 4.69) is 47.2 Å². The molecule has 1 amide bonds. The van der Waals surface area contributed by atoms with E-state index in [0.29, 0.717) is 12.1 Å². The summed E-state index contributed by atoms with van der Waals surface area (Å²) in [5, 5.41) is 0. The van der Waals surface area contributed by atoms with Crippen LogP contribution < -0.4 is 10.6 Å². The fourth-order valence-corrected chi connectivity index (χ4v) is 3.97. The summed E-state index contributed by atoms with van der Waals surface area (Å²) in [4.78, 5) is 14.6. The molecule has 0 bridgehead atoms. The highest BCUT2D eigenvalue weighted by molar-refractivity contribution is 6.02. The van der Waals surface area contributed by atoms with Crippen molar-refractivity contribution in [2.24, 2.45) is 5.73 Å². The molecule has 4 nitrogen and oxygen atoms in total. The lowest BCUT2D eigenvalue weighted by molar-refractivity contribution is 0.1000. The smallest absolute Gasteiger partial charge is 0.251 e. The fraction of sp³-hybridized carbons (Fsp3) is 0.381. The Hall–Kier alpha value is -2.49. The van der Waals surface area contributed by atoms with Crippen molar-refractivity contribution >= 4 is 11.6 Å². The molecule has 132 valence electrons. The SMILES string of the molecule is C=CCn1c(C)c(C(N)=O)c(-c2ccc(N3CCCC3)cc2)c1CC. The van der Waals surface area contributed by atoms with Crippen molar-refractivity contribution in [2.45, 2.75) is 39.7 Å². The van der Waals surface area contributed by atoms with Gasteiger partial charge in [0.05, 0.1) is 5.56 Å². The molecule has 1 aromatic heterocycles. The number of nitrogens with zero attached hydrogens (tertiary/aromatic N) is 2. The zero-order chi connectivity index (χ0) is 18.0. The van der Waals surface area contributed by atoms with Crippen LogP contribution in [-0.4, -0.2) is 23.6 Å². The van der Waals surface area contributed by atoms with Crippen molar-refractivity contribution in [3.05, 3.63) is 53.9 Å². The molecule has 2 aromatic rings. The van der Waals surface area contributed by atoms with Crippen LogP contribution in [-0.2, 0) is 13.0 Å². The first-order valence-electron chi connectivity index (χ1n) is 9.06. The molecule has 0 aliphatic carbocycles. The minimum atomic E-state index is -0.367. The van der Waals surface area contributed by atoms with Crippen LogP contribution in [0, 0.1) is 6.92 Å². The van der Waals surface area contributed by atoms with Crippen LogP contribution in [0.4, 0.5) is 5.69 Å². The Labute approximate surface area is 149 Å². The van der Waals surface area contributed by atoms with Crippen LogP contribution in [0.25, 0.3) is 11.1 Å². The van der Waals surface area contributed by atoms with Crippen molar-refractivity contribution in [2.75, 3.05) is 18.0 Å². The summed E-state index contributed by atoms with van der Waals surface area (Å²) in [5.74, 6) is -0.367. The van der Waals surface area contributed by atoms with Gasteiger partial charge in [0.2, 0.25) is 0 Å². The second kappa shape index (κ2) is 7.18. The lowest BCUT2D eigenvalue weighted by atomic mass is 9.98. The van der Waals surface area contributed by atoms with E-state index in [1.54, 1.807) is 0 Å². The van der Waals surface area contributed by atoms with E-state index in [1.165, 1.54) is 18.5 Å². The maximum absolute atomic E-state index is 12.2. The van der Waals surface area contributed by atoms with Crippen molar-refractivity contribution in [3.63, 3.8) is 0 Å². The van der Waals surface area contributed by atoms with Crippen LogP contribution in [0.3, 0.4) is 0 Å². The monoisotopic (exact) mass is 337 g/mol. The Kier molecular flexibility index (Phi) is 4.98. The molecule has 0 unspecified atom stereocenters. The summed E-state index contributed by atoms with van der Waals surface area (Å²) in [7, 11) is 0. The highest BCUT2D eigenvalue weighted by Gasteiger charge is 2.23. The number of rotatable bonds is 6. The molecule has 1 saturated heterocycles. The lowest BCUT2D eigenvalue weighted by Gasteiger charge is -2.18. The number of allylic oxidation sites excluding steroid dienone is 1. The number of nitrogens with two attached hydrogens (primary N) is 1. The number of aromatic nitrogens is 1. The van der Waals surface area contributed by atoms with Gasteiger partial charge in [-0.1, -0.05) is 25.1 Å². The van der Waals surface area contributed by atoms with E-state index in [0.717, 1.165) is 42.0 Å². The Bertz CT molecular complexity index is 780. The molecule has 0 spiro atoms. The summed E-state index contributed by atoms with van der Waals surface area (Å²) in [6, 6.07) is 8.55. The minimum absolute atomic E-state index is 0.367. The predicted molar refractivity (Wildman–Crippen MR) is 104 cm³/mol. The molecule has 1 aliphatic rings. The van der Waals surface area contributed by atoms with Gasteiger partial charge in [-0.15, -0.1) is 6.58 Å². The van der Waals surface area contributed by atoms with E-state index in [4.69, 9.17) is 5.73 Å². The number of anilines is 1. The quantitative estimate of drug-likeness (QED) is 0.813. The Morgan fingerprint density at radius 3 is 2.40 bits per heavy atom. The topological polar surface area (TPSA) is 51.3 Å². The van der Waals surface area contributed by atoms with Crippen LogP contribution in [0.2, 0.25) is 0 Å². The van der Waals surface area contributed by atoms with Gasteiger partial charge in [0.25, 0.3) is 5.91 Å². The third-order valence-electron chi connectivity index (χ3n) is 5.15. The molecule has 2 N–H and O–H groups in total. The number of amides is 1. The van der Waals surface area contributed by atoms with Crippen LogP contribution in [0.15, 0.2) is 36.9 Å². The maximum Gasteiger partial charge on any atom is 0.251 e. The summed E-state index contributed by atoms with van der Waals surface area (Å²) >= 11 is 0. The molecule has 1 aliphatic heterocycles. The minimum Gasteiger partial charge on any atom is -0.372 e. The summed E-state index contributed by atoms with van der Waals surface area (Å²) in [6.07, 6.45) is 5.22. The molecule has 1 fully saturated rings. The predicted octanol–water partition coefficient (Wildman–Crippen LogP) is 3.91. The lowest BCUT2D eigenvalue weighted by Crippen LogP contribution is -2.17. The Morgan fingerprint density at radius 2 is 1.88 bits per heavy atom. The van der Waals surface area contributed by atoms with Gasteiger partial charge >= 0.3 is 0 Å². The fourth-order valence-electron chi connectivity index (χ4n) is 3.97. The number of benzene rings is 1. The van der Waals surface area contributed by atoms with Crippen LogP contribution in [0.5, 0.6) is 0 Å². The average Bonchev–Trinajstić information content (AvgIpc) is 3.22. The normalized spacial score (nSPS) is 14.1. The van der Waals surface area contributed by atoms with E-state index in [1.807, 2.05) is 13.0 Å². The standard InChI is InChI=1S/C21H27N3O/c1-4-12-24-15(3)19(21(22)25)20(18(24)5-2)16-8-10-17(11-9-16)23-13-6-7-14-23/h4,8-11H,1,5-7,12-14H2,2-3H3,(H2,22,25). The van der Waals surface area contributed by atoms with E-state index in [9.17, 15) is 4.79 Å². The maximum atomic E-state index is 12.2. The summed E-state index contributed by atoms with van der Waals surface area (Å²) < 4.78 is 2.15. The molecule has 0 atom stereocenters. The van der Waals surface area contributed by atoms with Gasteiger partial charge in [0, 0.05) is 42.3 Å². The first-order valence-corrected chi connectivity index (χ1v) is 9.06. The highest BCUT2D eigenvalue weighted by atomic mass is 16.1. The Morgan fingerprint density at radius 1 is 1.24 bits per heavy atom. The van der Waals surface area contributed by atoms with Crippen LogP contribution in [0.1, 0.15) is 41.5 Å². The highest BCUT2D eigenvalue weighted by Crippen LogP contribution is 2.34. The molecule has 25 heavy (non-hydrogen) atoms. The molecule has 0 saturated carbocycles. The van der Waals surface area contributed by atoms with E-state index < -0.39 is 0 Å². The number of primary amides is 1. The summed E-state index contributed by atoms with van der Waals surface area (Å²) in [5.41, 5.74) is 11.7. The van der Waals surface area contributed by atoms with Gasteiger partial charge in [0.1, 0.15) is 0 Å². The van der Waals surface area contributed by atoms with Gasteiger partial charge < -0.3 is 15.2 Å². The molecule has 2 heterocycles. The third kappa shape index (κ3) is 3.09. The molecular formula is C21H27N3O.